The van der Waals surface area contributed by atoms with Crippen molar-refractivity contribution in [1.82, 2.24) is 5.16 Å². The van der Waals surface area contributed by atoms with Crippen LogP contribution in [0.1, 0.15) is 18.6 Å². The minimum atomic E-state index is -0.0429. The third-order valence-corrected chi connectivity index (χ3v) is 3.87. The molecule has 0 bridgehead atoms. The maximum Gasteiger partial charge on any atom is 0.225 e. The largest absolute Gasteiger partial charge is 0.497 e. The number of anilines is 1. The van der Waals surface area contributed by atoms with Gasteiger partial charge in [-0.1, -0.05) is 5.16 Å². The second kappa shape index (κ2) is 7.73. The van der Waals surface area contributed by atoms with Crippen molar-refractivity contribution in [3.05, 3.63) is 36.1 Å². The smallest absolute Gasteiger partial charge is 0.225 e. The predicted molar refractivity (Wildman–Crippen MR) is 82.8 cm³/mol. The van der Waals surface area contributed by atoms with E-state index in [4.69, 9.17) is 9.26 Å². The van der Waals surface area contributed by atoms with Gasteiger partial charge in [0, 0.05) is 17.4 Å². The first-order valence-corrected chi connectivity index (χ1v) is 7.66. The number of hydrogen-bond donors (Lipinski definition) is 1. The molecule has 0 aliphatic carbocycles. The van der Waals surface area contributed by atoms with Gasteiger partial charge in [0.25, 0.3) is 0 Å². The van der Waals surface area contributed by atoms with Gasteiger partial charge in [0.05, 0.1) is 7.11 Å². The number of amides is 1. The molecular formula is C15H18N2O3S. The van der Waals surface area contributed by atoms with E-state index in [1.54, 1.807) is 31.9 Å². The average molecular weight is 306 g/mol. The fourth-order valence-electron chi connectivity index (χ4n) is 1.73. The summed E-state index contributed by atoms with van der Waals surface area (Å²) in [6.45, 7) is 1.79. The Labute approximate surface area is 128 Å². The van der Waals surface area contributed by atoms with Gasteiger partial charge in [-0.2, -0.15) is 0 Å². The Morgan fingerprint density at radius 3 is 2.76 bits per heavy atom. The number of aryl methyl sites for hydroxylation is 1. The molecular weight excluding hydrogens is 288 g/mol. The van der Waals surface area contributed by atoms with Crippen LogP contribution >= 0.6 is 11.8 Å². The highest BCUT2D eigenvalue weighted by atomic mass is 32.2. The standard InChI is InChI=1S/C15H18N2O3S/c1-11-10-14(17-20-11)16-15(18)4-3-9-21-13-7-5-12(19-2)6-8-13/h5-8,10H,3-4,9H2,1-2H3,(H,16,17,18). The molecule has 1 heterocycles. The molecule has 21 heavy (non-hydrogen) atoms. The Kier molecular flexibility index (Phi) is 5.68. The number of aromatic nitrogens is 1. The lowest BCUT2D eigenvalue weighted by Gasteiger charge is -2.04. The van der Waals surface area contributed by atoms with Gasteiger partial charge in [-0.3, -0.25) is 4.79 Å². The van der Waals surface area contributed by atoms with Crippen molar-refractivity contribution in [2.45, 2.75) is 24.7 Å². The van der Waals surface area contributed by atoms with E-state index in [0.717, 1.165) is 17.9 Å². The first-order valence-electron chi connectivity index (χ1n) is 6.67. The lowest BCUT2D eigenvalue weighted by molar-refractivity contribution is -0.116. The van der Waals surface area contributed by atoms with E-state index in [1.165, 1.54) is 4.90 Å². The molecule has 1 aromatic carbocycles. The highest BCUT2D eigenvalue weighted by Crippen LogP contribution is 2.22. The third-order valence-electron chi connectivity index (χ3n) is 2.77. The zero-order valence-electron chi connectivity index (χ0n) is 12.1. The van der Waals surface area contributed by atoms with Crippen LogP contribution < -0.4 is 10.1 Å². The van der Waals surface area contributed by atoms with Crippen LogP contribution in [0.2, 0.25) is 0 Å². The van der Waals surface area contributed by atoms with E-state index in [9.17, 15) is 4.79 Å². The quantitative estimate of drug-likeness (QED) is 0.626. The van der Waals surface area contributed by atoms with Gasteiger partial charge in [0.2, 0.25) is 5.91 Å². The van der Waals surface area contributed by atoms with Crippen LogP contribution in [0.3, 0.4) is 0 Å². The van der Waals surface area contributed by atoms with Crippen LogP contribution in [0.25, 0.3) is 0 Å². The first-order chi connectivity index (χ1) is 10.2. The van der Waals surface area contributed by atoms with Gasteiger partial charge in [-0.25, -0.2) is 0 Å². The summed E-state index contributed by atoms with van der Waals surface area (Å²) in [7, 11) is 1.65. The lowest BCUT2D eigenvalue weighted by Crippen LogP contribution is -2.11. The van der Waals surface area contributed by atoms with Crippen molar-refractivity contribution in [2.24, 2.45) is 0 Å². The lowest BCUT2D eigenvalue weighted by atomic mass is 10.3. The molecule has 2 aromatic rings. The fraction of sp³-hybridized carbons (Fsp3) is 0.333. The molecule has 0 atom stereocenters. The summed E-state index contributed by atoms with van der Waals surface area (Å²) < 4.78 is 10.00. The number of rotatable bonds is 7. The molecule has 0 aliphatic rings. The summed E-state index contributed by atoms with van der Waals surface area (Å²) in [6.07, 6.45) is 1.27. The maximum atomic E-state index is 11.7. The van der Waals surface area contributed by atoms with Crippen molar-refractivity contribution in [1.29, 1.82) is 0 Å². The molecule has 0 fully saturated rings. The van der Waals surface area contributed by atoms with Gasteiger partial charge in [0.1, 0.15) is 11.5 Å². The van der Waals surface area contributed by atoms with Gasteiger partial charge in [0.15, 0.2) is 5.82 Å². The van der Waals surface area contributed by atoms with Gasteiger partial charge < -0.3 is 14.6 Å². The zero-order valence-corrected chi connectivity index (χ0v) is 12.9. The number of carbonyl (C=O) groups excluding carboxylic acids is 1. The number of nitrogens with one attached hydrogen (secondary N) is 1. The number of thioether (sulfide) groups is 1. The van der Waals surface area contributed by atoms with E-state index in [-0.39, 0.29) is 5.91 Å². The maximum absolute atomic E-state index is 11.7. The Balaban J connectivity index is 1.65. The third kappa shape index (κ3) is 5.15. The summed E-state index contributed by atoms with van der Waals surface area (Å²) in [5.41, 5.74) is 0. The normalized spacial score (nSPS) is 10.4. The summed E-state index contributed by atoms with van der Waals surface area (Å²) in [5.74, 6) is 2.85. The molecule has 2 rings (SSSR count). The van der Waals surface area contributed by atoms with Crippen LogP contribution in [0.15, 0.2) is 39.8 Å². The van der Waals surface area contributed by atoms with Crippen LogP contribution in [-0.2, 0) is 4.79 Å². The van der Waals surface area contributed by atoms with Crippen LogP contribution in [0, 0.1) is 6.92 Å². The van der Waals surface area contributed by atoms with E-state index >= 15 is 0 Å². The van der Waals surface area contributed by atoms with E-state index in [2.05, 4.69) is 10.5 Å². The molecule has 0 aliphatic heterocycles. The Bertz CT molecular complexity index is 581. The fourth-order valence-corrected chi connectivity index (χ4v) is 2.58. The minimum absolute atomic E-state index is 0.0429. The molecule has 1 amide bonds. The highest BCUT2D eigenvalue weighted by Gasteiger charge is 2.06. The molecule has 5 nitrogen and oxygen atoms in total. The van der Waals surface area contributed by atoms with Crippen LogP contribution in [0.4, 0.5) is 5.82 Å². The SMILES string of the molecule is COc1ccc(SCCCC(=O)Nc2cc(C)on2)cc1. The number of methoxy groups -OCH3 is 1. The number of hydrogen-bond acceptors (Lipinski definition) is 5. The van der Waals surface area contributed by atoms with E-state index < -0.39 is 0 Å². The Morgan fingerprint density at radius 1 is 1.38 bits per heavy atom. The summed E-state index contributed by atoms with van der Waals surface area (Å²) in [5, 5.41) is 6.43. The molecule has 0 unspecified atom stereocenters. The Morgan fingerprint density at radius 2 is 2.14 bits per heavy atom. The predicted octanol–water partition coefficient (Wildman–Crippen LogP) is 3.50. The summed E-state index contributed by atoms with van der Waals surface area (Å²) in [4.78, 5) is 12.9. The number of nitrogens with zero attached hydrogens (tertiary/aromatic N) is 1. The van der Waals surface area contributed by atoms with Crippen LogP contribution in [0.5, 0.6) is 5.75 Å². The van der Waals surface area contributed by atoms with Gasteiger partial charge in [-0.05, 0) is 43.4 Å². The van der Waals surface area contributed by atoms with Crippen molar-refractivity contribution in [2.75, 3.05) is 18.2 Å². The topological polar surface area (TPSA) is 64.4 Å². The minimum Gasteiger partial charge on any atom is -0.497 e. The number of carbonyl (C=O) groups is 1. The van der Waals surface area contributed by atoms with Gasteiger partial charge >= 0.3 is 0 Å². The number of benzene rings is 1. The molecule has 0 saturated heterocycles. The second-order valence-electron chi connectivity index (χ2n) is 4.50. The molecule has 1 N–H and O–H groups in total. The van der Waals surface area contributed by atoms with Crippen molar-refractivity contribution in [3.63, 3.8) is 0 Å². The van der Waals surface area contributed by atoms with Crippen LogP contribution in [-0.4, -0.2) is 23.9 Å². The summed E-state index contributed by atoms with van der Waals surface area (Å²) >= 11 is 1.72. The molecule has 6 heteroatoms. The monoisotopic (exact) mass is 306 g/mol. The average Bonchev–Trinajstić information content (AvgIpc) is 2.89. The van der Waals surface area contributed by atoms with E-state index in [0.29, 0.717) is 18.0 Å². The molecule has 0 radical (unpaired) electrons. The van der Waals surface area contributed by atoms with Crippen molar-refractivity contribution < 1.29 is 14.1 Å². The zero-order chi connectivity index (χ0) is 15.1. The first kappa shape index (κ1) is 15.4. The van der Waals surface area contributed by atoms with Crippen molar-refractivity contribution >= 4 is 23.5 Å². The second-order valence-corrected chi connectivity index (χ2v) is 5.67. The molecule has 0 saturated carbocycles. The molecule has 1 aromatic heterocycles. The molecule has 0 spiro atoms. The highest BCUT2D eigenvalue weighted by molar-refractivity contribution is 7.99. The summed E-state index contributed by atoms with van der Waals surface area (Å²) in [6, 6.07) is 9.59. The van der Waals surface area contributed by atoms with Gasteiger partial charge in [-0.15, -0.1) is 11.8 Å². The molecule has 112 valence electrons. The van der Waals surface area contributed by atoms with Crippen molar-refractivity contribution in [3.8, 4) is 5.75 Å². The Hall–Kier alpha value is -1.95. The number of ether oxygens (including phenoxy) is 1. The van der Waals surface area contributed by atoms with E-state index in [1.807, 2.05) is 24.3 Å².